The summed E-state index contributed by atoms with van der Waals surface area (Å²) in [5.74, 6) is 0. The average Bonchev–Trinajstić information content (AvgIpc) is 2.61. The molecule has 0 amide bonds. The highest BCUT2D eigenvalue weighted by Gasteiger charge is 2.21. The molecule has 2 aromatic rings. The van der Waals surface area contributed by atoms with Gasteiger partial charge in [0.1, 0.15) is 0 Å². The van der Waals surface area contributed by atoms with E-state index in [0.29, 0.717) is 0 Å². The van der Waals surface area contributed by atoms with Gasteiger partial charge in [0.2, 0.25) is 0 Å². The molecule has 0 aliphatic carbocycles. The minimum absolute atomic E-state index is 0.0858. The summed E-state index contributed by atoms with van der Waals surface area (Å²) in [6.45, 7) is 4.52. The fourth-order valence-electron chi connectivity index (χ4n) is 1.88. The highest BCUT2D eigenvalue weighted by atomic mass is 16.6. The van der Waals surface area contributed by atoms with Crippen LogP contribution in [0.25, 0.3) is 0 Å². The smallest absolute Gasteiger partial charge is 0.450 e. The van der Waals surface area contributed by atoms with Crippen molar-refractivity contribution in [3.05, 3.63) is 71.8 Å². The third-order valence-corrected chi connectivity index (χ3v) is 2.99. The van der Waals surface area contributed by atoms with Gasteiger partial charge in [-0.1, -0.05) is 74.5 Å². The van der Waals surface area contributed by atoms with Crippen LogP contribution in [0.3, 0.4) is 0 Å². The molecule has 0 unspecified atom stereocenters. The van der Waals surface area contributed by atoms with Gasteiger partial charge >= 0.3 is 24.6 Å². The van der Waals surface area contributed by atoms with Gasteiger partial charge in [0.25, 0.3) is 0 Å². The van der Waals surface area contributed by atoms with Crippen molar-refractivity contribution in [2.24, 2.45) is 0 Å². The molecule has 0 aromatic heterocycles. The second kappa shape index (κ2) is 17.6. The average molecular weight is 444 g/mol. The molecular formula is C19H24O12. The standard InChI is InChI=1S/C15H16.4CH2O3/c1-15(2,13-9-5-3-6-10-13)14-11-7-4-8-12-14;4*2-1(3)4/h3-12H,1-2H3;4*(H2,2,3,4). The second-order valence-corrected chi connectivity index (χ2v) is 5.49. The lowest BCUT2D eigenvalue weighted by molar-refractivity contribution is 0.135. The summed E-state index contributed by atoms with van der Waals surface area (Å²) in [5, 5.41) is 55.8. The molecule has 12 nitrogen and oxygen atoms in total. The highest BCUT2D eigenvalue weighted by Crippen LogP contribution is 2.30. The van der Waals surface area contributed by atoms with Crippen molar-refractivity contribution in [3.8, 4) is 0 Å². The Hall–Kier alpha value is -4.48. The maximum atomic E-state index is 8.56. The van der Waals surface area contributed by atoms with Crippen LogP contribution in [0.1, 0.15) is 25.0 Å². The molecule has 172 valence electrons. The van der Waals surface area contributed by atoms with E-state index in [4.69, 9.17) is 60.0 Å². The summed E-state index contributed by atoms with van der Waals surface area (Å²) in [6.07, 6.45) is -7.33. The van der Waals surface area contributed by atoms with Crippen LogP contribution in [0.15, 0.2) is 60.7 Å². The number of benzene rings is 2. The van der Waals surface area contributed by atoms with E-state index in [2.05, 4.69) is 74.5 Å². The van der Waals surface area contributed by atoms with Crippen molar-refractivity contribution in [1.29, 1.82) is 0 Å². The van der Waals surface area contributed by atoms with E-state index in [1.807, 2.05) is 0 Å². The SMILES string of the molecule is CC(C)(c1ccccc1)c1ccccc1.O=C(O)O.O=C(O)O.O=C(O)O.O=C(O)O. The quantitative estimate of drug-likeness (QED) is 0.309. The van der Waals surface area contributed by atoms with Crippen LogP contribution >= 0.6 is 0 Å². The number of hydrogen-bond donors (Lipinski definition) is 8. The molecule has 0 heterocycles. The Kier molecular flexibility index (Phi) is 17.7. The van der Waals surface area contributed by atoms with Crippen molar-refractivity contribution in [2.75, 3.05) is 0 Å². The molecule has 0 saturated carbocycles. The fourth-order valence-corrected chi connectivity index (χ4v) is 1.88. The maximum Gasteiger partial charge on any atom is 0.503 e. The summed E-state index contributed by atoms with van der Waals surface area (Å²) in [6, 6.07) is 21.3. The van der Waals surface area contributed by atoms with Crippen LogP contribution < -0.4 is 0 Å². The van der Waals surface area contributed by atoms with Crippen molar-refractivity contribution in [2.45, 2.75) is 19.3 Å². The first-order valence-corrected chi connectivity index (χ1v) is 7.93. The largest absolute Gasteiger partial charge is 0.503 e. The molecule has 0 fully saturated rings. The molecule has 2 rings (SSSR count). The number of hydrogen-bond acceptors (Lipinski definition) is 4. The van der Waals surface area contributed by atoms with Gasteiger partial charge in [0.15, 0.2) is 0 Å². The van der Waals surface area contributed by atoms with Gasteiger partial charge in [0, 0.05) is 5.41 Å². The van der Waals surface area contributed by atoms with Gasteiger partial charge in [-0.3, -0.25) is 0 Å². The molecule has 0 spiro atoms. The first kappa shape index (κ1) is 31.2. The first-order valence-electron chi connectivity index (χ1n) is 7.93. The number of rotatable bonds is 2. The van der Waals surface area contributed by atoms with Gasteiger partial charge in [-0.2, -0.15) is 0 Å². The summed E-state index contributed by atoms with van der Waals surface area (Å²) < 4.78 is 0. The Morgan fingerprint density at radius 3 is 0.806 bits per heavy atom. The molecular weight excluding hydrogens is 420 g/mol. The van der Waals surface area contributed by atoms with E-state index in [-0.39, 0.29) is 5.41 Å². The summed E-state index contributed by atoms with van der Waals surface area (Å²) in [4.78, 5) is 34.2. The molecule has 0 bridgehead atoms. The molecule has 31 heavy (non-hydrogen) atoms. The molecule has 0 radical (unpaired) electrons. The van der Waals surface area contributed by atoms with Crippen LogP contribution in [0.2, 0.25) is 0 Å². The molecule has 0 saturated heterocycles. The summed E-state index contributed by atoms with van der Waals surface area (Å²) in [7, 11) is 0. The Bertz CT molecular complexity index is 667. The number of carboxylic acid groups (broad SMARTS) is 8. The zero-order chi connectivity index (χ0) is 25.0. The molecule has 12 heteroatoms. The Morgan fingerprint density at radius 1 is 0.484 bits per heavy atom. The first-order chi connectivity index (χ1) is 14.1. The lowest BCUT2D eigenvalue weighted by Gasteiger charge is -2.25. The zero-order valence-corrected chi connectivity index (χ0v) is 16.5. The predicted molar refractivity (Wildman–Crippen MR) is 108 cm³/mol. The molecule has 0 aliphatic heterocycles. The van der Waals surface area contributed by atoms with E-state index in [9.17, 15) is 0 Å². The normalized spacial score (nSPS) is 8.58. The van der Waals surface area contributed by atoms with Gasteiger partial charge < -0.3 is 40.9 Å². The number of carbonyl (C=O) groups is 4. The van der Waals surface area contributed by atoms with E-state index >= 15 is 0 Å². The van der Waals surface area contributed by atoms with Crippen molar-refractivity contribution in [1.82, 2.24) is 0 Å². The van der Waals surface area contributed by atoms with Crippen LogP contribution in [-0.4, -0.2) is 65.5 Å². The predicted octanol–water partition coefficient (Wildman–Crippen LogP) is 4.90. The summed E-state index contributed by atoms with van der Waals surface area (Å²) >= 11 is 0. The van der Waals surface area contributed by atoms with Crippen LogP contribution in [0.4, 0.5) is 19.2 Å². The fraction of sp³-hybridized carbons (Fsp3) is 0.158. The van der Waals surface area contributed by atoms with Crippen LogP contribution in [0, 0.1) is 0 Å². The summed E-state index contributed by atoms with van der Waals surface area (Å²) in [5.41, 5.74) is 2.80. The molecule has 8 N–H and O–H groups in total. The van der Waals surface area contributed by atoms with Gasteiger partial charge in [-0.05, 0) is 11.1 Å². The van der Waals surface area contributed by atoms with Crippen LogP contribution in [-0.2, 0) is 5.41 Å². The molecule has 0 atom stereocenters. The lowest BCUT2D eigenvalue weighted by atomic mass is 9.78. The van der Waals surface area contributed by atoms with Gasteiger partial charge in [0.05, 0.1) is 0 Å². The van der Waals surface area contributed by atoms with Gasteiger partial charge in [-0.15, -0.1) is 0 Å². The lowest BCUT2D eigenvalue weighted by Crippen LogP contribution is -2.18. The van der Waals surface area contributed by atoms with E-state index in [1.54, 1.807) is 0 Å². The minimum atomic E-state index is -1.83. The third kappa shape index (κ3) is 25.5. The monoisotopic (exact) mass is 444 g/mol. The van der Waals surface area contributed by atoms with Crippen molar-refractivity contribution < 1.29 is 60.0 Å². The van der Waals surface area contributed by atoms with E-state index in [1.165, 1.54) is 11.1 Å². The highest BCUT2D eigenvalue weighted by molar-refractivity contribution is 5.54. The minimum Gasteiger partial charge on any atom is -0.450 e. The van der Waals surface area contributed by atoms with E-state index in [0.717, 1.165) is 0 Å². The third-order valence-electron chi connectivity index (χ3n) is 2.99. The maximum absolute atomic E-state index is 8.56. The zero-order valence-electron chi connectivity index (χ0n) is 16.5. The second-order valence-electron chi connectivity index (χ2n) is 5.49. The van der Waals surface area contributed by atoms with Gasteiger partial charge in [-0.25, -0.2) is 19.2 Å². The van der Waals surface area contributed by atoms with Crippen molar-refractivity contribution >= 4 is 24.6 Å². The Balaban J connectivity index is -0.000000404. The Labute approximate surface area is 176 Å². The molecule has 2 aromatic carbocycles. The van der Waals surface area contributed by atoms with Crippen molar-refractivity contribution in [3.63, 3.8) is 0 Å². The van der Waals surface area contributed by atoms with Crippen LogP contribution in [0.5, 0.6) is 0 Å². The topological polar surface area (TPSA) is 230 Å². The molecule has 0 aliphatic rings. The van der Waals surface area contributed by atoms with E-state index < -0.39 is 24.6 Å². The Morgan fingerprint density at radius 2 is 0.645 bits per heavy atom.